The Balaban J connectivity index is 2.33. The maximum Gasteiger partial charge on any atom is 0.244 e. The summed E-state index contributed by atoms with van der Waals surface area (Å²) in [5.74, 6) is 0.418. The Morgan fingerprint density at radius 1 is 1.35 bits per heavy atom. The van der Waals surface area contributed by atoms with Crippen LogP contribution in [0.2, 0.25) is 5.02 Å². The minimum absolute atomic E-state index is 0.218. The van der Waals surface area contributed by atoms with Crippen LogP contribution in [0.15, 0.2) is 29.2 Å². The second-order valence-corrected chi connectivity index (χ2v) is 6.85. The average molecular weight is 274 g/mol. The van der Waals surface area contributed by atoms with Crippen molar-refractivity contribution in [1.82, 2.24) is 4.31 Å². The van der Waals surface area contributed by atoms with E-state index in [-0.39, 0.29) is 4.90 Å². The van der Waals surface area contributed by atoms with Gasteiger partial charge in [-0.1, -0.05) is 30.7 Å². The Hall–Kier alpha value is -0.580. The topological polar surface area (TPSA) is 37.4 Å². The molecule has 1 aliphatic rings. The molecule has 0 spiro atoms. The van der Waals surface area contributed by atoms with Crippen LogP contribution in [0.3, 0.4) is 0 Å². The Bertz CT molecular complexity index is 501. The second-order valence-electron chi connectivity index (χ2n) is 4.54. The number of hydrogen-bond acceptors (Lipinski definition) is 2. The molecule has 1 aromatic carbocycles. The molecule has 3 nitrogen and oxygen atoms in total. The summed E-state index contributed by atoms with van der Waals surface area (Å²) < 4.78 is 26.3. The van der Waals surface area contributed by atoms with Gasteiger partial charge in [0.2, 0.25) is 10.0 Å². The minimum Gasteiger partial charge on any atom is -0.207 e. The van der Waals surface area contributed by atoms with Crippen molar-refractivity contribution in [1.29, 1.82) is 0 Å². The van der Waals surface area contributed by atoms with Gasteiger partial charge in [0.1, 0.15) is 4.90 Å². The van der Waals surface area contributed by atoms with Crippen LogP contribution < -0.4 is 0 Å². The van der Waals surface area contributed by atoms with Crippen molar-refractivity contribution >= 4 is 21.6 Å². The summed E-state index contributed by atoms with van der Waals surface area (Å²) >= 11 is 5.96. The van der Waals surface area contributed by atoms with E-state index in [1.165, 1.54) is 0 Å². The Kier molecular flexibility index (Phi) is 3.76. The van der Waals surface area contributed by atoms with Crippen LogP contribution >= 0.6 is 11.6 Å². The predicted molar refractivity (Wildman–Crippen MR) is 68.6 cm³/mol. The predicted octanol–water partition coefficient (Wildman–Crippen LogP) is 2.76. The molecular formula is C12H16ClNO2S. The van der Waals surface area contributed by atoms with Crippen molar-refractivity contribution in [2.75, 3.05) is 13.1 Å². The standard InChI is InChI=1S/C12H16ClNO2S/c1-10-5-4-8-14(9-10)17(15,16)12-7-3-2-6-11(12)13/h2-3,6-7,10H,4-5,8-9H2,1H3. The molecule has 1 atom stereocenters. The SMILES string of the molecule is CC1CCCN(S(=O)(=O)c2ccccc2Cl)C1. The lowest BCUT2D eigenvalue weighted by Gasteiger charge is -2.30. The van der Waals surface area contributed by atoms with Gasteiger partial charge in [0.05, 0.1) is 5.02 Å². The number of hydrogen-bond donors (Lipinski definition) is 0. The molecule has 17 heavy (non-hydrogen) atoms. The first-order chi connectivity index (χ1) is 8.01. The van der Waals surface area contributed by atoms with Crippen molar-refractivity contribution in [3.8, 4) is 0 Å². The molecule has 0 N–H and O–H groups in total. The van der Waals surface area contributed by atoms with Gasteiger partial charge in [0.15, 0.2) is 0 Å². The van der Waals surface area contributed by atoms with E-state index in [2.05, 4.69) is 6.92 Å². The van der Waals surface area contributed by atoms with Crippen molar-refractivity contribution in [2.24, 2.45) is 5.92 Å². The summed E-state index contributed by atoms with van der Waals surface area (Å²) in [4.78, 5) is 0.218. The molecule has 0 saturated carbocycles. The maximum absolute atomic E-state index is 12.4. The second kappa shape index (κ2) is 4.96. The fraction of sp³-hybridized carbons (Fsp3) is 0.500. The summed E-state index contributed by atoms with van der Waals surface area (Å²) in [6.07, 6.45) is 2.01. The number of piperidine rings is 1. The zero-order valence-corrected chi connectivity index (χ0v) is 11.3. The fourth-order valence-corrected chi connectivity index (χ4v) is 4.25. The van der Waals surface area contributed by atoms with Crippen molar-refractivity contribution in [3.63, 3.8) is 0 Å². The molecule has 1 aromatic rings. The van der Waals surface area contributed by atoms with E-state index < -0.39 is 10.0 Å². The zero-order chi connectivity index (χ0) is 12.5. The first kappa shape index (κ1) is 12.9. The molecule has 1 fully saturated rings. The Morgan fingerprint density at radius 3 is 2.71 bits per heavy atom. The fourth-order valence-electron chi connectivity index (χ4n) is 2.16. The maximum atomic E-state index is 12.4. The summed E-state index contributed by atoms with van der Waals surface area (Å²) in [6, 6.07) is 6.62. The molecule has 2 rings (SSSR count). The van der Waals surface area contributed by atoms with Gasteiger partial charge in [-0.25, -0.2) is 8.42 Å². The first-order valence-electron chi connectivity index (χ1n) is 5.76. The van der Waals surface area contributed by atoms with E-state index in [9.17, 15) is 8.42 Å². The lowest BCUT2D eigenvalue weighted by Crippen LogP contribution is -2.39. The summed E-state index contributed by atoms with van der Waals surface area (Å²) in [5, 5.41) is 0.297. The van der Waals surface area contributed by atoms with E-state index in [1.807, 2.05) is 0 Å². The van der Waals surface area contributed by atoms with Crippen LogP contribution in [0, 0.1) is 5.92 Å². The van der Waals surface area contributed by atoms with Crippen LogP contribution in [-0.4, -0.2) is 25.8 Å². The number of sulfonamides is 1. The molecule has 1 unspecified atom stereocenters. The van der Waals surface area contributed by atoms with E-state index in [4.69, 9.17) is 11.6 Å². The monoisotopic (exact) mass is 273 g/mol. The molecule has 1 aliphatic heterocycles. The highest BCUT2D eigenvalue weighted by molar-refractivity contribution is 7.89. The molecule has 94 valence electrons. The molecule has 0 radical (unpaired) electrons. The van der Waals surface area contributed by atoms with Gasteiger partial charge in [0.25, 0.3) is 0 Å². The van der Waals surface area contributed by atoms with Gasteiger partial charge >= 0.3 is 0 Å². The van der Waals surface area contributed by atoms with Gasteiger partial charge < -0.3 is 0 Å². The quantitative estimate of drug-likeness (QED) is 0.831. The molecule has 5 heteroatoms. The van der Waals surface area contributed by atoms with Crippen LogP contribution in [-0.2, 0) is 10.0 Å². The van der Waals surface area contributed by atoms with E-state index in [1.54, 1.807) is 28.6 Å². The number of nitrogens with zero attached hydrogens (tertiary/aromatic N) is 1. The summed E-state index contributed by atoms with van der Waals surface area (Å²) in [7, 11) is -3.42. The lowest BCUT2D eigenvalue weighted by atomic mass is 10.0. The number of benzene rings is 1. The third kappa shape index (κ3) is 2.64. The minimum atomic E-state index is -3.42. The molecule has 1 saturated heterocycles. The molecule has 0 aromatic heterocycles. The van der Waals surface area contributed by atoms with Crippen molar-refractivity contribution < 1.29 is 8.42 Å². The summed E-state index contributed by atoms with van der Waals surface area (Å²) in [6.45, 7) is 3.26. The molecule has 0 aliphatic carbocycles. The molecule has 0 bridgehead atoms. The number of rotatable bonds is 2. The van der Waals surface area contributed by atoms with Crippen molar-refractivity contribution in [2.45, 2.75) is 24.7 Å². The van der Waals surface area contributed by atoms with Gasteiger partial charge in [-0.15, -0.1) is 0 Å². The van der Waals surface area contributed by atoms with E-state index >= 15 is 0 Å². The van der Waals surface area contributed by atoms with Gasteiger partial charge in [-0.2, -0.15) is 4.31 Å². The van der Waals surface area contributed by atoms with Crippen molar-refractivity contribution in [3.05, 3.63) is 29.3 Å². The zero-order valence-electron chi connectivity index (χ0n) is 9.77. The number of halogens is 1. The Morgan fingerprint density at radius 2 is 2.06 bits per heavy atom. The normalized spacial score (nSPS) is 22.6. The van der Waals surface area contributed by atoms with Crippen LogP contribution in [0.25, 0.3) is 0 Å². The van der Waals surface area contributed by atoms with Gasteiger partial charge in [-0.05, 0) is 30.9 Å². The third-order valence-electron chi connectivity index (χ3n) is 3.07. The van der Waals surface area contributed by atoms with Gasteiger partial charge in [0, 0.05) is 13.1 Å². The smallest absolute Gasteiger partial charge is 0.207 e. The van der Waals surface area contributed by atoms with E-state index in [0.29, 0.717) is 24.0 Å². The molecular weight excluding hydrogens is 258 g/mol. The Labute approximate surface area is 107 Å². The first-order valence-corrected chi connectivity index (χ1v) is 7.58. The van der Waals surface area contributed by atoms with E-state index in [0.717, 1.165) is 12.8 Å². The average Bonchev–Trinajstić information content (AvgIpc) is 2.29. The largest absolute Gasteiger partial charge is 0.244 e. The van der Waals surface area contributed by atoms with Crippen LogP contribution in [0.5, 0.6) is 0 Å². The lowest BCUT2D eigenvalue weighted by molar-refractivity contribution is 0.281. The highest BCUT2D eigenvalue weighted by Gasteiger charge is 2.29. The summed E-state index contributed by atoms with van der Waals surface area (Å²) in [5.41, 5.74) is 0. The highest BCUT2D eigenvalue weighted by atomic mass is 35.5. The van der Waals surface area contributed by atoms with Gasteiger partial charge in [-0.3, -0.25) is 0 Å². The highest BCUT2D eigenvalue weighted by Crippen LogP contribution is 2.27. The van der Waals surface area contributed by atoms with Crippen LogP contribution in [0.4, 0.5) is 0 Å². The van der Waals surface area contributed by atoms with Crippen LogP contribution in [0.1, 0.15) is 19.8 Å². The third-order valence-corrected chi connectivity index (χ3v) is 5.44. The molecule has 1 heterocycles. The molecule has 0 amide bonds.